The van der Waals surface area contributed by atoms with Crippen molar-refractivity contribution in [2.24, 2.45) is 0 Å². The predicted molar refractivity (Wildman–Crippen MR) is 95.1 cm³/mol. The summed E-state index contributed by atoms with van der Waals surface area (Å²) in [5.41, 5.74) is 1.66. The van der Waals surface area contributed by atoms with Crippen LogP contribution in [0.25, 0.3) is 11.0 Å². The van der Waals surface area contributed by atoms with Crippen LogP contribution in [0.3, 0.4) is 0 Å². The van der Waals surface area contributed by atoms with Crippen molar-refractivity contribution >= 4 is 22.8 Å². The Kier molecular flexibility index (Phi) is 5.71. The fourth-order valence-electron chi connectivity index (χ4n) is 2.92. The van der Waals surface area contributed by atoms with E-state index in [1.807, 2.05) is 18.2 Å². The summed E-state index contributed by atoms with van der Waals surface area (Å²) in [5, 5.41) is 14.7. The average molecular weight is 352 g/mol. The van der Waals surface area contributed by atoms with Gasteiger partial charge in [-0.15, -0.1) is 0 Å². The van der Waals surface area contributed by atoms with Crippen molar-refractivity contribution in [3.8, 4) is 6.07 Å². The normalized spacial score (nSPS) is 16.4. The van der Waals surface area contributed by atoms with Gasteiger partial charge in [-0.25, -0.2) is 4.98 Å². The molecule has 8 heteroatoms. The van der Waals surface area contributed by atoms with Gasteiger partial charge >= 0.3 is 0 Å². The number of fused-ring (bicyclic) bond motifs is 1. The third-order valence-corrected chi connectivity index (χ3v) is 4.27. The number of hydrogen-bond donors (Lipinski definition) is 2. The molecular weight excluding hydrogens is 332 g/mol. The molecule has 1 aliphatic rings. The van der Waals surface area contributed by atoms with Crippen LogP contribution < -0.4 is 10.6 Å². The van der Waals surface area contributed by atoms with Gasteiger partial charge in [0.05, 0.1) is 29.8 Å². The van der Waals surface area contributed by atoms with Gasteiger partial charge < -0.3 is 15.5 Å². The summed E-state index contributed by atoms with van der Waals surface area (Å²) in [6.07, 6.45) is 3.06. The quantitative estimate of drug-likeness (QED) is 0.731. The second kappa shape index (κ2) is 8.36. The molecule has 1 fully saturated rings. The Balaban J connectivity index is 1.41. The number of carbonyl (C=O) groups is 2. The number of para-hydroxylation sites is 2. The first-order chi connectivity index (χ1) is 12.7. The van der Waals surface area contributed by atoms with Crippen molar-refractivity contribution in [1.82, 2.24) is 25.5 Å². The number of benzene rings is 1. The summed E-state index contributed by atoms with van der Waals surface area (Å²) >= 11 is 0. The molecule has 8 nitrogen and oxygen atoms in total. The standard InChI is InChI=1S/C18H20N6O2/c19-10-13-4-3-9-24(13)17(25)12-20-7-8-21-18(26)16-11-22-14-5-1-2-6-15(14)23-16/h1-2,5-6,11,13,20H,3-4,7-9,12H2,(H,21,26). The van der Waals surface area contributed by atoms with E-state index in [4.69, 9.17) is 5.26 Å². The number of carbonyl (C=O) groups excluding carboxylic acids is 2. The van der Waals surface area contributed by atoms with E-state index in [1.165, 1.54) is 6.20 Å². The molecule has 1 unspecified atom stereocenters. The van der Waals surface area contributed by atoms with Gasteiger partial charge in [-0.3, -0.25) is 14.6 Å². The molecule has 1 aliphatic heterocycles. The number of nitrogens with zero attached hydrogens (tertiary/aromatic N) is 4. The number of nitrogens with one attached hydrogen (secondary N) is 2. The number of rotatable bonds is 6. The van der Waals surface area contributed by atoms with E-state index in [0.717, 1.165) is 18.4 Å². The summed E-state index contributed by atoms with van der Waals surface area (Å²) in [6, 6.07) is 9.19. The lowest BCUT2D eigenvalue weighted by molar-refractivity contribution is -0.130. The Labute approximate surface area is 151 Å². The third kappa shape index (κ3) is 4.13. The first-order valence-electron chi connectivity index (χ1n) is 8.59. The zero-order valence-electron chi connectivity index (χ0n) is 14.3. The molecule has 1 atom stereocenters. The molecule has 0 spiro atoms. The molecular formula is C18H20N6O2. The topological polar surface area (TPSA) is 111 Å². The maximum Gasteiger partial charge on any atom is 0.271 e. The van der Waals surface area contributed by atoms with E-state index >= 15 is 0 Å². The lowest BCUT2D eigenvalue weighted by Crippen LogP contribution is -2.42. The fraction of sp³-hybridized carbons (Fsp3) is 0.389. The highest BCUT2D eigenvalue weighted by Gasteiger charge is 2.27. The van der Waals surface area contributed by atoms with Gasteiger partial charge in [0.2, 0.25) is 5.91 Å². The van der Waals surface area contributed by atoms with Crippen LogP contribution in [0.4, 0.5) is 0 Å². The van der Waals surface area contributed by atoms with Crippen molar-refractivity contribution < 1.29 is 9.59 Å². The molecule has 0 saturated carbocycles. The van der Waals surface area contributed by atoms with Crippen molar-refractivity contribution in [3.63, 3.8) is 0 Å². The van der Waals surface area contributed by atoms with E-state index in [0.29, 0.717) is 25.2 Å². The summed E-state index contributed by atoms with van der Waals surface area (Å²) in [6.45, 7) is 1.60. The fourth-order valence-corrected chi connectivity index (χ4v) is 2.92. The van der Waals surface area contributed by atoms with Crippen LogP contribution in [-0.2, 0) is 4.79 Å². The minimum Gasteiger partial charge on any atom is -0.349 e. The van der Waals surface area contributed by atoms with E-state index in [9.17, 15) is 9.59 Å². The predicted octanol–water partition coefficient (Wildman–Crippen LogP) is 0.464. The third-order valence-electron chi connectivity index (χ3n) is 4.27. The second-order valence-electron chi connectivity index (χ2n) is 6.05. The van der Waals surface area contributed by atoms with Crippen molar-refractivity contribution in [2.45, 2.75) is 18.9 Å². The number of nitriles is 1. The molecule has 2 amide bonds. The minimum atomic E-state index is -0.310. The van der Waals surface area contributed by atoms with Crippen LogP contribution in [0.1, 0.15) is 23.3 Å². The van der Waals surface area contributed by atoms with Crippen molar-refractivity contribution in [2.75, 3.05) is 26.2 Å². The van der Waals surface area contributed by atoms with Gasteiger partial charge in [-0.05, 0) is 25.0 Å². The summed E-state index contributed by atoms with van der Waals surface area (Å²) in [7, 11) is 0. The number of hydrogen-bond acceptors (Lipinski definition) is 6. The zero-order valence-corrected chi connectivity index (χ0v) is 14.3. The molecule has 1 aromatic carbocycles. The average Bonchev–Trinajstić information content (AvgIpc) is 3.16. The van der Waals surface area contributed by atoms with Crippen molar-refractivity contribution in [1.29, 1.82) is 5.26 Å². The second-order valence-corrected chi connectivity index (χ2v) is 6.05. The van der Waals surface area contributed by atoms with Crippen LogP contribution in [0, 0.1) is 11.3 Å². The minimum absolute atomic E-state index is 0.0826. The maximum absolute atomic E-state index is 12.1. The summed E-state index contributed by atoms with van der Waals surface area (Å²) in [5.74, 6) is -0.388. The molecule has 0 aliphatic carbocycles. The van der Waals surface area contributed by atoms with Crippen LogP contribution >= 0.6 is 0 Å². The molecule has 1 saturated heterocycles. The molecule has 0 bridgehead atoms. The van der Waals surface area contributed by atoms with Crippen LogP contribution in [0.5, 0.6) is 0 Å². The molecule has 26 heavy (non-hydrogen) atoms. The maximum atomic E-state index is 12.1. The van der Waals surface area contributed by atoms with Crippen LogP contribution in [-0.4, -0.2) is 58.9 Å². The van der Waals surface area contributed by atoms with Crippen molar-refractivity contribution in [3.05, 3.63) is 36.2 Å². The molecule has 2 aromatic rings. The lowest BCUT2D eigenvalue weighted by Gasteiger charge is -2.19. The van der Waals surface area contributed by atoms with Gasteiger partial charge in [-0.1, -0.05) is 12.1 Å². The summed E-state index contributed by atoms with van der Waals surface area (Å²) < 4.78 is 0. The summed E-state index contributed by atoms with van der Waals surface area (Å²) in [4.78, 5) is 34.3. The Morgan fingerprint density at radius 2 is 2.08 bits per heavy atom. The molecule has 134 valence electrons. The van der Waals surface area contributed by atoms with Gasteiger partial charge in [-0.2, -0.15) is 5.26 Å². The van der Waals surface area contributed by atoms with Gasteiger partial charge in [0.1, 0.15) is 11.7 Å². The van der Waals surface area contributed by atoms with E-state index < -0.39 is 0 Å². The Hall–Kier alpha value is -3.05. The first kappa shape index (κ1) is 17.8. The molecule has 3 rings (SSSR count). The van der Waals surface area contributed by atoms with Gasteiger partial charge in [0.15, 0.2) is 0 Å². The highest BCUT2D eigenvalue weighted by molar-refractivity contribution is 5.93. The molecule has 2 N–H and O–H groups in total. The van der Waals surface area contributed by atoms with E-state index in [1.54, 1.807) is 11.0 Å². The molecule has 2 heterocycles. The highest BCUT2D eigenvalue weighted by atomic mass is 16.2. The Morgan fingerprint density at radius 3 is 2.88 bits per heavy atom. The Morgan fingerprint density at radius 1 is 1.27 bits per heavy atom. The van der Waals surface area contributed by atoms with Crippen LogP contribution in [0.15, 0.2) is 30.5 Å². The van der Waals surface area contributed by atoms with Gasteiger partial charge in [0.25, 0.3) is 5.91 Å². The van der Waals surface area contributed by atoms with E-state index in [2.05, 4.69) is 26.7 Å². The Bertz CT molecular complexity index is 847. The smallest absolute Gasteiger partial charge is 0.271 e. The lowest BCUT2D eigenvalue weighted by atomic mass is 10.2. The molecule has 0 radical (unpaired) electrons. The monoisotopic (exact) mass is 352 g/mol. The number of amides is 2. The molecule has 1 aromatic heterocycles. The highest BCUT2D eigenvalue weighted by Crippen LogP contribution is 2.15. The number of likely N-dealkylation sites (tertiary alicyclic amines) is 1. The first-order valence-corrected chi connectivity index (χ1v) is 8.59. The number of aromatic nitrogens is 2. The SMILES string of the molecule is N#CC1CCCN1C(=O)CNCCNC(=O)c1cnc2ccccc2n1. The zero-order chi connectivity index (χ0) is 18.4. The van der Waals surface area contributed by atoms with Crippen LogP contribution in [0.2, 0.25) is 0 Å². The largest absolute Gasteiger partial charge is 0.349 e. The van der Waals surface area contributed by atoms with E-state index in [-0.39, 0.29) is 30.1 Å². The van der Waals surface area contributed by atoms with Gasteiger partial charge in [0, 0.05) is 19.6 Å².